The van der Waals surface area contributed by atoms with Gasteiger partial charge in [0.25, 0.3) is 5.69 Å². The van der Waals surface area contributed by atoms with E-state index in [4.69, 9.17) is 16.3 Å². The van der Waals surface area contributed by atoms with Crippen LogP contribution < -0.4 is 4.74 Å². The van der Waals surface area contributed by atoms with E-state index in [0.29, 0.717) is 21.2 Å². The average Bonchev–Trinajstić information content (AvgIpc) is 2.74. The Kier molecular flexibility index (Phi) is 4.21. The van der Waals surface area contributed by atoms with Gasteiger partial charge in [-0.05, 0) is 34.1 Å². The maximum atomic E-state index is 10.7. The summed E-state index contributed by atoms with van der Waals surface area (Å²) in [5, 5.41) is 10.7. The molecular weight excluding hydrogens is 342 g/mol. The van der Waals surface area contributed by atoms with Crippen molar-refractivity contribution in [1.29, 1.82) is 0 Å². The van der Waals surface area contributed by atoms with Crippen LogP contribution in [0.25, 0.3) is 0 Å². The summed E-state index contributed by atoms with van der Waals surface area (Å²) >= 11 is 10.5. The van der Waals surface area contributed by atoms with Gasteiger partial charge in [-0.1, -0.05) is 11.6 Å². The fourth-order valence-electron chi connectivity index (χ4n) is 1.29. The molecule has 2 aromatic rings. The Bertz CT molecular complexity index is 587. The Morgan fingerprint density at radius 3 is 2.78 bits per heavy atom. The van der Waals surface area contributed by atoms with Crippen LogP contribution in [0.4, 0.5) is 5.69 Å². The summed E-state index contributed by atoms with van der Waals surface area (Å²) in [5.74, 6) is 0.439. The topological polar surface area (TPSA) is 52.4 Å². The maximum Gasteiger partial charge on any atom is 0.273 e. The van der Waals surface area contributed by atoms with E-state index in [0.717, 1.165) is 4.88 Å². The molecule has 1 heterocycles. The van der Waals surface area contributed by atoms with E-state index in [1.54, 1.807) is 12.1 Å². The van der Waals surface area contributed by atoms with Gasteiger partial charge >= 0.3 is 0 Å². The molecule has 18 heavy (non-hydrogen) atoms. The molecular formula is C11H7BrClNO3S. The minimum absolute atomic E-state index is 0.00240. The van der Waals surface area contributed by atoms with Gasteiger partial charge in [0, 0.05) is 10.9 Å². The normalized spacial score (nSPS) is 10.3. The lowest BCUT2D eigenvalue weighted by molar-refractivity contribution is -0.385. The lowest BCUT2D eigenvalue weighted by Gasteiger charge is -2.06. The molecule has 94 valence electrons. The Labute approximate surface area is 120 Å². The number of hydrogen-bond acceptors (Lipinski definition) is 4. The van der Waals surface area contributed by atoms with Gasteiger partial charge in [0.15, 0.2) is 0 Å². The molecule has 0 aliphatic rings. The van der Waals surface area contributed by atoms with Crippen LogP contribution >= 0.6 is 38.9 Å². The van der Waals surface area contributed by atoms with Crippen molar-refractivity contribution in [1.82, 2.24) is 0 Å². The second kappa shape index (κ2) is 5.69. The summed E-state index contributed by atoms with van der Waals surface area (Å²) in [6.07, 6.45) is 0. The first-order chi connectivity index (χ1) is 8.56. The molecule has 0 bridgehead atoms. The molecule has 7 heteroatoms. The van der Waals surface area contributed by atoms with Crippen LogP contribution in [-0.2, 0) is 6.61 Å². The van der Waals surface area contributed by atoms with E-state index in [-0.39, 0.29) is 5.69 Å². The van der Waals surface area contributed by atoms with E-state index in [2.05, 4.69) is 15.9 Å². The molecule has 2 rings (SSSR count). The first kappa shape index (κ1) is 13.3. The SMILES string of the molecule is O=[N+]([O-])c1ccc(Br)c(OCc2ccc(Cl)s2)c1. The molecule has 0 aliphatic carbocycles. The molecule has 0 fully saturated rings. The van der Waals surface area contributed by atoms with Gasteiger partial charge in [0.1, 0.15) is 12.4 Å². The summed E-state index contributed by atoms with van der Waals surface area (Å²) in [6, 6.07) is 8.04. The van der Waals surface area contributed by atoms with E-state index < -0.39 is 4.92 Å². The number of hydrogen-bond donors (Lipinski definition) is 0. The molecule has 0 N–H and O–H groups in total. The van der Waals surface area contributed by atoms with Crippen LogP contribution in [-0.4, -0.2) is 4.92 Å². The molecule has 0 amide bonds. The third-order valence-corrected chi connectivity index (χ3v) is 3.98. The molecule has 0 saturated heterocycles. The quantitative estimate of drug-likeness (QED) is 0.597. The number of halogens is 2. The molecule has 0 unspecified atom stereocenters. The third kappa shape index (κ3) is 3.22. The van der Waals surface area contributed by atoms with Gasteiger partial charge in [0.05, 0.1) is 19.8 Å². The number of thiophene rings is 1. The van der Waals surface area contributed by atoms with Crippen molar-refractivity contribution in [3.05, 3.63) is 54.1 Å². The Morgan fingerprint density at radius 1 is 1.39 bits per heavy atom. The van der Waals surface area contributed by atoms with Crippen LogP contribution in [0.15, 0.2) is 34.8 Å². The number of ether oxygens (including phenoxy) is 1. The molecule has 1 aromatic carbocycles. The molecule has 0 aliphatic heterocycles. The van der Waals surface area contributed by atoms with Crippen molar-refractivity contribution in [3.63, 3.8) is 0 Å². The fraction of sp³-hybridized carbons (Fsp3) is 0.0909. The first-order valence-electron chi connectivity index (χ1n) is 4.87. The maximum absolute atomic E-state index is 10.7. The molecule has 0 atom stereocenters. The number of nitrogens with zero attached hydrogens (tertiary/aromatic N) is 1. The van der Waals surface area contributed by atoms with Crippen molar-refractivity contribution < 1.29 is 9.66 Å². The minimum atomic E-state index is -0.457. The third-order valence-electron chi connectivity index (χ3n) is 2.12. The number of nitro groups is 1. The van der Waals surface area contributed by atoms with Crippen LogP contribution in [0, 0.1) is 10.1 Å². The van der Waals surface area contributed by atoms with Crippen molar-refractivity contribution >= 4 is 44.6 Å². The van der Waals surface area contributed by atoms with Crippen LogP contribution in [0.3, 0.4) is 0 Å². The van der Waals surface area contributed by atoms with Crippen molar-refractivity contribution in [3.8, 4) is 5.75 Å². The summed E-state index contributed by atoms with van der Waals surface area (Å²) in [6.45, 7) is 0.331. The molecule has 1 aromatic heterocycles. The van der Waals surface area contributed by atoms with Crippen molar-refractivity contribution in [2.24, 2.45) is 0 Å². The average molecular weight is 349 g/mol. The van der Waals surface area contributed by atoms with E-state index in [1.165, 1.54) is 23.5 Å². The summed E-state index contributed by atoms with van der Waals surface area (Å²) in [4.78, 5) is 11.2. The van der Waals surface area contributed by atoms with E-state index >= 15 is 0 Å². The van der Waals surface area contributed by atoms with Crippen molar-refractivity contribution in [2.75, 3.05) is 0 Å². The van der Waals surface area contributed by atoms with Gasteiger partial charge in [0.2, 0.25) is 0 Å². The van der Waals surface area contributed by atoms with Crippen LogP contribution in [0.5, 0.6) is 5.75 Å². The largest absolute Gasteiger partial charge is 0.487 e. The molecule has 0 radical (unpaired) electrons. The highest BCUT2D eigenvalue weighted by Crippen LogP contribution is 2.31. The highest BCUT2D eigenvalue weighted by molar-refractivity contribution is 9.10. The Morgan fingerprint density at radius 2 is 2.17 bits per heavy atom. The highest BCUT2D eigenvalue weighted by atomic mass is 79.9. The zero-order valence-corrected chi connectivity index (χ0v) is 12.1. The number of non-ortho nitro benzene ring substituents is 1. The first-order valence-corrected chi connectivity index (χ1v) is 6.86. The lowest BCUT2D eigenvalue weighted by Crippen LogP contribution is -1.95. The number of benzene rings is 1. The fourth-order valence-corrected chi connectivity index (χ4v) is 2.66. The Hall–Kier alpha value is -1.11. The molecule has 4 nitrogen and oxygen atoms in total. The van der Waals surface area contributed by atoms with E-state index in [9.17, 15) is 10.1 Å². The van der Waals surface area contributed by atoms with Gasteiger partial charge in [-0.25, -0.2) is 0 Å². The van der Waals surface area contributed by atoms with Crippen molar-refractivity contribution in [2.45, 2.75) is 6.61 Å². The van der Waals surface area contributed by atoms with Gasteiger partial charge in [-0.2, -0.15) is 0 Å². The van der Waals surface area contributed by atoms with Crippen LogP contribution in [0.1, 0.15) is 4.88 Å². The summed E-state index contributed by atoms with van der Waals surface area (Å²) < 4.78 is 6.89. The Balaban J connectivity index is 2.13. The molecule has 0 saturated carbocycles. The molecule has 0 spiro atoms. The standard InChI is InChI=1S/C11H7BrClNO3S/c12-9-3-1-7(14(15)16)5-10(9)17-6-8-2-4-11(13)18-8/h1-5H,6H2. The second-order valence-electron chi connectivity index (χ2n) is 3.37. The smallest absolute Gasteiger partial charge is 0.273 e. The predicted octanol–water partition coefficient (Wildman–Crippen LogP) is 4.65. The zero-order valence-electron chi connectivity index (χ0n) is 8.93. The summed E-state index contributed by atoms with van der Waals surface area (Å²) in [5.41, 5.74) is -0.00240. The zero-order chi connectivity index (χ0) is 13.1. The van der Waals surface area contributed by atoms with Gasteiger partial charge in [-0.3, -0.25) is 10.1 Å². The predicted molar refractivity (Wildman–Crippen MR) is 74.5 cm³/mol. The lowest BCUT2D eigenvalue weighted by atomic mass is 10.3. The van der Waals surface area contributed by atoms with Gasteiger partial charge in [-0.15, -0.1) is 11.3 Å². The minimum Gasteiger partial charge on any atom is -0.487 e. The number of rotatable bonds is 4. The summed E-state index contributed by atoms with van der Waals surface area (Å²) in [7, 11) is 0. The number of nitro benzene ring substituents is 1. The second-order valence-corrected chi connectivity index (χ2v) is 6.02. The van der Waals surface area contributed by atoms with Gasteiger partial charge < -0.3 is 4.74 Å². The van der Waals surface area contributed by atoms with E-state index in [1.807, 2.05) is 6.07 Å². The monoisotopic (exact) mass is 347 g/mol. The van der Waals surface area contributed by atoms with Crippen LogP contribution in [0.2, 0.25) is 4.34 Å². The highest BCUT2D eigenvalue weighted by Gasteiger charge is 2.10.